The maximum atomic E-state index is 4.32. The molecule has 3 rings (SSSR count). The highest BCUT2D eigenvalue weighted by Gasteiger charge is 2.04. The number of imidazole rings is 1. The summed E-state index contributed by atoms with van der Waals surface area (Å²) in [7, 11) is 5.89. The van der Waals surface area contributed by atoms with Crippen LogP contribution in [0.25, 0.3) is 11.0 Å². The van der Waals surface area contributed by atoms with Crippen molar-refractivity contribution < 1.29 is 17.0 Å². The Balaban J connectivity index is 0.00000225. The number of hydrogen-bond acceptors (Lipinski definition) is 3. The first-order valence-corrected chi connectivity index (χ1v) is 7.62. The molecule has 2 aromatic heterocycles. The van der Waals surface area contributed by atoms with Crippen LogP contribution in [0.15, 0.2) is 69.2 Å². The highest BCUT2D eigenvalue weighted by Crippen LogP contribution is 2.10. The molecule has 0 N–H and O–H groups in total. The van der Waals surface area contributed by atoms with Crippen molar-refractivity contribution in [3.8, 4) is 0 Å². The molecule has 0 aliphatic carbocycles. The first-order valence-electron chi connectivity index (χ1n) is 7.62. The zero-order valence-electron chi connectivity index (χ0n) is 14.6. The second-order valence-electron chi connectivity index (χ2n) is 5.58. The predicted octanol–water partition coefficient (Wildman–Crippen LogP) is -0.637. The Hall–Kier alpha value is -2.80. The molecule has 1 aromatic carbocycles. The molecular weight excluding hydrogens is 338 g/mol. The van der Waals surface area contributed by atoms with E-state index in [0.717, 1.165) is 22.3 Å². The number of fused-ring (bicyclic) bond motifs is 1. The van der Waals surface area contributed by atoms with Gasteiger partial charge in [-0.1, -0.05) is 12.1 Å². The van der Waals surface area contributed by atoms with Crippen LogP contribution in [-0.4, -0.2) is 15.0 Å². The second kappa shape index (κ2) is 7.85. The average molecular weight is 358 g/mol. The Morgan fingerprint density at radius 3 is 2.08 bits per heavy atom. The van der Waals surface area contributed by atoms with Gasteiger partial charge < -0.3 is 21.5 Å². The van der Waals surface area contributed by atoms with E-state index < -0.39 is 0 Å². The number of amidine groups is 1. The predicted molar refractivity (Wildman–Crippen MR) is 92.7 cm³/mol. The highest BCUT2D eigenvalue weighted by molar-refractivity contribution is 5.80. The van der Waals surface area contributed by atoms with E-state index in [1.807, 2.05) is 71.5 Å². The molecule has 0 aliphatic rings. The smallest absolute Gasteiger partial charge is 0.230 e. The Morgan fingerprint density at radius 2 is 1.52 bits per heavy atom. The number of hydrogen-bond donors (Lipinski definition) is 0. The molecule has 0 aliphatic heterocycles. The van der Waals surface area contributed by atoms with Gasteiger partial charge in [0.05, 0.1) is 16.7 Å². The normalized spacial score (nSPS) is 11.8. The largest absolute Gasteiger partial charge is 1.00 e. The molecule has 25 heavy (non-hydrogen) atoms. The molecule has 130 valence electrons. The highest BCUT2D eigenvalue weighted by atomic mass is 35.5. The molecular formula is C17H20ClN7. The number of halogens is 1. The van der Waals surface area contributed by atoms with Crippen molar-refractivity contribution in [1.29, 1.82) is 0 Å². The molecule has 0 amide bonds. The number of benzene rings is 1. The number of rotatable bonds is 2. The van der Waals surface area contributed by atoms with Gasteiger partial charge in [0.2, 0.25) is 5.62 Å². The fourth-order valence-corrected chi connectivity index (χ4v) is 2.43. The van der Waals surface area contributed by atoms with E-state index in [2.05, 4.69) is 32.6 Å². The molecule has 7 nitrogen and oxygen atoms in total. The number of azo groups is 1. The minimum absolute atomic E-state index is 0. The number of aryl methyl sites for hydroxylation is 3. The quantitative estimate of drug-likeness (QED) is 0.193. The van der Waals surface area contributed by atoms with Gasteiger partial charge in [-0.25, -0.2) is 4.57 Å². The number of aromatic nitrogens is 3. The summed E-state index contributed by atoms with van der Waals surface area (Å²) < 4.78 is 5.94. The summed E-state index contributed by atoms with van der Waals surface area (Å²) in [5, 5.41) is 16.8. The van der Waals surface area contributed by atoms with E-state index in [9.17, 15) is 0 Å². The molecule has 0 spiro atoms. The Kier molecular flexibility index (Phi) is 5.82. The van der Waals surface area contributed by atoms with Gasteiger partial charge in [0, 0.05) is 26.2 Å². The number of pyridine rings is 1. The van der Waals surface area contributed by atoms with E-state index in [-0.39, 0.29) is 12.4 Å². The summed E-state index contributed by atoms with van der Waals surface area (Å²) in [5.41, 5.74) is 3.73. The summed E-state index contributed by atoms with van der Waals surface area (Å²) in [6, 6.07) is 11.9. The summed E-state index contributed by atoms with van der Waals surface area (Å²) in [5.74, 6) is 0.494. The minimum atomic E-state index is 0. The second-order valence-corrected chi connectivity index (χ2v) is 5.58. The van der Waals surface area contributed by atoms with Gasteiger partial charge in [0.1, 0.15) is 7.05 Å². The molecule has 0 radical (unpaired) electrons. The Labute approximate surface area is 152 Å². The Morgan fingerprint density at radius 1 is 0.960 bits per heavy atom. The molecule has 0 saturated carbocycles. The van der Waals surface area contributed by atoms with Crippen molar-refractivity contribution in [3.05, 3.63) is 54.4 Å². The summed E-state index contributed by atoms with van der Waals surface area (Å²) in [6.45, 7) is 1.78. The van der Waals surface area contributed by atoms with E-state index in [0.29, 0.717) is 5.84 Å². The van der Waals surface area contributed by atoms with Gasteiger partial charge in [-0.2, -0.15) is 0 Å². The van der Waals surface area contributed by atoms with Crippen LogP contribution in [0.3, 0.4) is 0 Å². The van der Waals surface area contributed by atoms with Crippen molar-refractivity contribution in [1.82, 2.24) is 9.13 Å². The van der Waals surface area contributed by atoms with Gasteiger partial charge in [-0.3, -0.25) is 0 Å². The number of nitrogens with zero attached hydrogens (tertiary/aromatic N) is 7. The van der Waals surface area contributed by atoms with Crippen LogP contribution < -0.4 is 22.6 Å². The summed E-state index contributed by atoms with van der Waals surface area (Å²) >= 11 is 0. The van der Waals surface area contributed by atoms with Crippen molar-refractivity contribution >= 4 is 22.6 Å². The monoisotopic (exact) mass is 357 g/mol. The van der Waals surface area contributed by atoms with Crippen molar-refractivity contribution in [2.24, 2.45) is 41.6 Å². The minimum Gasteiger partial charge on any atom is -1.00 e. The lowest BCUT2D eigenvalue weighted by molar-refractivity contribution is -0.671. The molecule has 0 saturated heterocycles. The van der Waals surface area contributed by atoms with Gasteiger partial charge in [-0.05, 0) is 19.1 Å². The fraction of sp³-hybridized carbons (Fsp3) is 0.235. The van der Waals surface area contributed by atoms with E-state index in [1.165, 1.54) is 0 Å². The summed E-state index contributed by atoms with van der Waals surface area (Å²) in [6.07, 6.45) is 3.83. The van der Waals surface area contributed by atoms with E-state index in [4.69, 9.17) is 0 Å². The third-order valence-corrected chi connectivity index (χ3v) is 3.76. The van der Waals surface area contributed by atoms with Gasteiger partial charge in [0.25, 0.3) is 0 Å². The maximum Gasteiger partial charge on any atom is 0.230 e. The molecule has 3 aromatic rings. The standard InChI is InChI=1S/C17H20N7.ClH/c1-13(18-20-14-9-11-22(2)12-10-14)19-21-17-23(3)15-7-5-6-8-16(15)24(17)4;/h5-12H,1-4H3;1H/q+1;/p-1. The van der Waals surface area contributed by atoms with Crippen LogP contribution in [0.5, 0.6) is 0 Å². The fourth-order valence-electron chi connectivity index (χ4n) is 2.43. The molecule has 0 bridgehead atoms. The van der Waals surface area contributed by atoms with Crippen molar-refractivity contribution in [2.75, 3.05) is 0 Å². The molecule has 0 fully saturated rings. The lowest BCUT2D eigenvalue weighted by atomic mass is 10.3. The van der Waals surface area contributed by atoms with Crippen molar-refractivity contribution in [3.63, 3.8) is 0 Å². The first-order chi connectivity index (χ1) is 11.6. The zero-order valence-corrected chi connectivity index (χ0v) is 15.4. The SMILES string of the molecule is C/C(N=Nc1cc[n+](C)cc1)=N/N=c1n(C)c2ccccc2n1C.[Cl-]. The van der Waals surface area contributed by atoms with E-state index in [1.54, 1.807) is 6.92 Å². The zero-order chi connectivity index (χ0) is 17.1. The van der Waals surface area contributed by atoms with Crippen LogP contribution >= 0.6 is 0 Å². The van der Waals surface area contributed by atoms with Gasteiger partial charge in [-0.15, -0.1) is 20.4 Å². The molecule has 2 heterocycles. The topological polar surface area (TPSA) is 63.2 Å². The first kappa shape index (κ1) is 18.5. The number of para-hydroxylation sites is 2. The third kappa shape index (κ3) is 4.00. The van der Waals surface area contributed by atoms with Crippen LogP contribution in [-0.2, 0) is 21.1 Å². The molecule has 0 atom stereocenters. The molecule has 8 heteroatoms. The lowest BCUT2D eigenvalue weighted by Crippen LogP contribution is -3.00. The lowest BCUT2D eigenvalue weighted by Gasteiger charge is -1.93. The maximum absolute atomic E-state index is 4.32. The van der Waals surface area contributed by atoms with E-state index >= 15 is 0 Å². The van der Waals surface area contributed by atoms with Crippen LogP contribution in [0.2, 0.25) is 0 Å². The third-order valence-electron chi connectivity index (χ3n) is 3.76. The van der Waals surface area contributed by atoms with Crippen molar-refractivity contribution in [2.45, 2.75) is 6.92 Å². The van der Waals surface area contributed by atoms with Gasteiger partial charge >= 0.3 is 0 Å². The van der Waals surface area contributed by atoms with Gasteiger partial charge in [0.15, 0.2) is 18.2 Å². The van der Waals surface area contributed by atoms with Crippen LogP contribution in [0.1, 0.15) is 6.92 Å². The summed E-state index contributed by atoms with van der Waals surface area (Å²) in [4.78, 5) is 0. The molecule has 0 unspecified atom stereocenters. The van der Waals surface area contributed by atoms with Crippen LogP contribution in [0.4, 0.5) is 5.69 Å². The average Bonchev–Trinajstić information content (AvgIpc) is 2.84. The van der Waals surface area contributed by atoms with Crippen LogP contribution in [0, 0.1) is 0 Å². The Bertz CT molecular complexity index is 952.